The lowest BCUT2D eigenvalue weighted by Gasteiger charge is -2.33. The SMILES string of the molecule is CCCCOC(=O)c1cccc(NC(=O)COc2ccc(C(C)(C)CC(C)(C)C)cc2)c1. The van der Waals surface area contributed by atoms with Crippen LogP contribution in [0.2, 0.25) is 0 Å². The van der Waals surface area contributed by atoms with Crippen LogP contribution in [0.1, 0.15) is 76.7 Å². The maximum Gasteiger partial charge on any atom is 0.338 e. The molecule has 174 valence electrons. The number of rotatable bonds is 10. The second-order valence-electron chi connectivity index (χ2n) is 10.1. The molecule has 1 amide bonds. The average molecular weight is 440 g/mol. The summed E-state index contributed by atoms with van der Waals surface area (Å²) in [6, 6.07) is 14.7. The largest absolute Gasteiger partial charge is 0.484 e. The van der Waals surface area contributed by atoms with Crippen molar-refractivity contribution in [2.45, 2.75) is 66.2 Å². The number of amides is 1. The van der Waals surface area contributed by atoms with Crippen LogP contribution < -0.4 is 10.1 Å². The number of carbonyl (C=O) groups excluding carboxylic acids is 2. The second kappa shape index (κ2) is 11.2. The Morgan fingerprint density at radius 3 is 2.28 bits per heavy atom. The van der Waals surface area contributed by atoms with Crippen LogP contribution in [0.4, 0.5) is 5.69 Å². The molecule has 0 aliphatic heterocycles. The van der Waals surface area contributed by atoms with Gasteiger partial charge in [0.05, 0.1) is 12.2 Å². The molecule has 0 saturated heterocycles. The Balaban J connectivity index is 1.89. The first-order valence-corrected chi connectivity index (χ1v) is 11.3. The van der Waals surface area contributed by atoms with Crippen molar-refractivity contribution in [3.63, 3.8) is 0 Å². The fourth-order valence-electron chi connectivity index (χ4n) is 3.89. The summed E-state index contributed by atoms with van der Waals surface area (Å²) in [7, 11) is 0. The summed E-state index contributed by atoms with van der Waals surface area (Å²) in [5.74, 6) is -0.0392. The van der Waals surface area contributed by atoms with Gasteiger partial charge in [0.2, 0.25) is 0 Å². The van der Waals surface area contributed by atoms with Gasteiger partial charge in [0.25, 0.3) is 5.91 Å². The topological polar surface area (TPSA) is 64.6 Å². The molecule has 0 aromatic heterocycles. The van der Waals surface area contributed by atoms with E-state index in [0.29, 0.717) is 23.6 Å². The van der Waals surface area contributed by atoms with Crippen molar-refractivity contribution in [3.05, 3.63) is 59.7 Å². The number of unbranched alkanes of at least 4 members (excludes halogenated alkanes) is 1. The van der Waals surface area contributed by atoms with Gasteiger partial charge in [-0.3, -0.25) is 4.79 Å². The fraction of sp³-hybridized carbons (Fsp3) is 0.481. The fourth-order valence-corrected chi connectivity index (χ4v) is 3.89. The van der Waals surface area contributed by atoms with Gasteiger partial charge in [-0.05, 0) is 59.6 Å². The number of hydrogen-bond donors (Lipinski definition) is 1. The molecule has 0 fully saturated rings. The molecule has 0 saturated carbocycles. The van der Waals surface area contributed by atoms with E-state index in [1.807, 2.05) is 19.1 Å². The lowest BCUT2D eigenvalue weighted by molar-refractivity contribution is -0.118. The summed E-state index contributed by atoms with van der Waals surface area (Å²) in [4.78, 5) is 24.4. The zero-order valence-corrected chi connectivity index (χ0v) is 20.3. The van der Waals surface area contributed by atoms with Crippen LogP contribution in [0.5, 0.6) is 5.75 Å². The van der Waals surface area contributed by atoms with Crippen LogP contribution in [0.25, 0.3) is 0 Å². The predicted molar refractivity (Wildman–Crippen MR) is 129 cm³/mol. The van der Waals surface area contributed by atoms with E-state index < -0.39 is 0 Å². The van der Waals surface area contributed by atoms with E-state index in [9.17, 15) is 9.59 Å². The third kappa shape index (κ3) is 8.37. The van der Waals surface area contributed by atoms with Crippen molar-refractivity contribution in [2.75, 3.05) is 18.5 Å². The van der Waals surface area contributed by atoms with Crippen LogP contribution in [0.3, 0.4) is 0 Å². The summed E-state index contributed by atoms with van der Waals surface area (Å²) in [5.41, 5.74) is 2.47. The molecule has 0 aliphatic carbocycles. The minimum atomic E-state index is -0.389. The van der Waals surface area contributed by atoms with Gasteiger partial charge in [0, 0.05) is 5.69 Å². The highest BCUT2D eigenvalue weighted by atomic mass is 16.5. The second-order valence-corrected chi connectivity index (χ2v) is 10.1. The molecule has 2 aromatic rings. The van der Waals surface area contributed by atoms with Crippen LogP contribution in [-0.2, 0) is 14.9 Å². The van der Waals surface area contributed by atoms with Gasteiger partial charge in [0.15, 0.2) is 6.61 Å². The Morgan fingerprint density at radius 2 is 1.66 bits per heavy atom. The molecule has 32 heavy (non-hydrogen) atoms. The summed E-state index contributed by atoms with van der Waals surface area (Å²) < 4.78 is 10.9. The molecular weight excluding hydrogens is 402 g/mol. The van der Waals surface area contributed by atoms with E-state index in [1.165, 1.54) is 5.56 Å². The lowest BCUT2D eigenvalue weighted by Crippen LogP contribution is -2.24. The van der Waals surface area contributed by atoms with Crippen LogP contribution in [-0.4, -0.2) is 25.1 Å². The number of anilines is 1. The molecule has 0 radical (unpaired) electrons. The summed E-state index contributed by atoms with van der Waals surface area (Å²) >= 11 is 0. The lowest BCUT2D eigenvalue weighted by atomic mass is 9.72. The number of hydrogen-bond acceptors (Lipinski definition) is 4. The van der Waals surface area contributed by atoms with E-state index in [4.69, 9.17) is 9.47 Å². The highest BCUT2D eigenvalue weighted by molar-refractivity contribution is 5.95. The Bertz CT molecular complexity index is 895. The molecule has 0 spiro atoms. The zero-order valence-electron chi connectivity index (χ0n) is 20.3. The number of ether oxygens (including phenoxy) is 2. The monoisotopic (exact) mass is 439 g/mol. The Hall–Kier alpha value is -2.82. The van der Waals surface area contributed by atoms with Crippen molar-refractivity contribution in [3.8, 4) is 5.75 Å². The summed E-state index contributed by atoms with van der Waals surface area (Å²) in [5, 5.41) is 2.76. The minimum Gasteiger partial charge on any atom is -0.484 e. The molecular formula is C27H37NO4. The third-order valence-corrected chi connectivity index (χ3v) is 5.09. The van der Waals surface area contributed by atoms with E-state index >= 15 is 0 Å². The maximum atomic E-state index is 12.3. The Morgan fingerprint density at radius 1 is 0.969 bits per heavy atom. The average Bonchev–Trinajstić information content (AvgIpc) is 2.71. The minimum absolute atomic E-state index is 0.0524. The summed E-state index contributed by atoms with van der Waals surface area (Å²) in [6.45, 7) is 13.5. The molecule has 0 atom stereocenters. The number of carbonyl (C=O) groups is 2. The standard InChI is InChI=1S/C27H37NO4/c1-7-8-16-31-25(30)20-10-9-11-22(17-20)28-24(29)18-32-23-14-12-21(13-15-23)27(5,6)19-26(2,3)4/h9-15,17H,7-8,16,18-19H2,1-6H3,(H,28,29). The normalized spacial score (nSPS) is 11.7. The highest BCUT2D eigenvalue weighted by Gasteiger charge is 2.27. The van der Waals surface area contributed by atoms with Gasteiger partial charge in [-0.15, -0.1) is 0 Å². The van der Waals surface area contributed by atoms with E-state index in [1.54, 1.807) is 24.3 Å². The number of nitrogens with one attached hydrogen (secondary N) is 1. The molecule has 1 N–H and O–H groups in total. The molecule has 2 rings (SSSR count). The van der Waals surface area contributed by atoms with Crippen molar-refractivity contribution < 1.29 is 19.1 Å². The van der Waals surface area contributed by atoms with Crippen LogP contribution in [0.15, 0.2) is 48.5 Å². The van der Waals surface area contributed by atoms with Crippen LogP contribution in [0, 0.1) is 5.41 Å². The molecule has 0 aliphatic rings. The van der Waals surface area contributed by atoms with Crippen LogP contribution >= 0.6 is 0 Å². The molecule has 0 heterocycles. The van der Waals surface area contributed by atoms with Crippen molar-refractivity contribution >= 4 is 17.6 Å². The molecule has 5 heteroatoms. The van der Waals surface area contributed by atoms with E-state index in [2.05, 4.69) is 52.1 Å². The molecule has 0 unspecified atom stereocenters. The first-order chi connectivity index (χ1) is 15.0. The van der Waals surface area contributed by atoms with Gasteiger partial charge in [-0.25, -0.2) is 4.79 Å². The van der Waals surface area contributed by atoms with E-state index in [0.717, 1.165) is 19.3 Å². The maximum absolute atomic E-state index is 12.3. The smallest absolute Gasteiger partial charge is 0.338 e. The van der Waals surface area contributed by atoms with Crippen molar-refractivity contribution in [2.24, 2.45) is 5.41 Å². The molecule has 0 bridgehead atoms. The first kappa shape index (κ1) is 25.4. The number of esters is 1. The Kier molecular flexibility index (Phi) is 8.88. The summed E-state index contributed by atoms with van der Waals surface area (Å²) in [6.07, 6.45) is 2.85. The van der Waals surface area contributed by atoms with Crippen molar-refractivity contribution in [1.82, 2.24) is 0 Å². The predicted octanol–water partition coefficient (Wildman–Crippen LogP) is 6.37. The van der Waals surface area contributed by atoms with E-state index in [-0.39, 0.29) is 29.3 Å². The van der Waals surface area contributed by atoms with Crippen molar-refractivity contribution in [1.29, 1.82) is 0 Å². The Labute approximate surface area is 192 Å². The van der Waals surface area contributed by atoms with Gasteiger partial charge in [-0.2, -0.15) is 0 Å². The quantitative estimate of drug-likeness (QED) is 0.345. The third-order valence-electron chi connectivity index (χ3n) is 5.09. The molecule has 5 nitrogen and oxygen atoms in total. The van der Waals surface area contributed by atoms with Gasteiger partial charge >= 0.3 is 5.97 Å². The highest BCUT2D eigenvalue weighted by Crippen LogP contribution is 2.36. The van der Waals surface area contributed by atoms with Gasteiger partial charge < -0.3 is 14.8 Å². The molecule has 2 aromatic carbocycles. The van der Waals surface area contributed by atoms with Gasteiger partial charge in [-0.1, -0.05) is 66.2 Å². The van der Waals surface area contributed by atoms with Gasteiger partial charge in [0.1, 0.15) is 5.75 Å². The zero-order chi connectivity index (χ0) is 23.8. The number of benzene rings is 2. The first-order valence-electron chi connectivity index (χ1n) is 11.3.